The molecule has 1 aliphatic carbocycles. The van der Waals surface area contributed by atoms with Crippen LogP contribution in [0.25, 0.3) is 0 Å². The molecule has 4 heteroatoms. The fourth-order valence-corrected chi connectivity index (χ4v) is 2.72. The summed E-state index contributed by atoms with van der Waals surface area (Å²) in [4.78, 5) is 13.8. The molecule has 1 amide bonds. The minimum atomic E-state index is 0.0349. The third kappa shape index (κ3) is 3.31. The monoisotopic (exact) mass is 276 g/mol. The highest BCUT2D eigenvalue weighted by Crippen LogP contribution is 2.29. The minimum Gasteiger partial charge on any atom is -0.483 e. The van der Waals surface area contributed by atoms with Crippen LogP contribution in [-0.2, 0) is 17.6 Å². The van der Waals surface area contributed by atoms with Gasteiger partial charge in [-0.1, -0.05) is 12.1 Å². The Labute approximate surface area is 120 Å². The van der Waals surface area contributed by atoms with Gasteiger partial charge in [0.05, 0.1) is 0 Å². The maximum atomic E-state index is 12.0. The molecule has 1 aromatic carbocycles. The van der Waals surface area contributed by atoms with Crippen LogP contribution in [0.1, 0.15) is 31.4 Å². The number of fused-ring (bicyclic) bond motifs is 1. The van der Waals surface area contributed by atoms with Crippen molar-refractivity contribution >= 4 is 5.91 Å². The molecule has 4 nitrogen and oxygen atoms in total. The van der Waals surface area contributed by atoms with E-state index in [1.165, 1.54) is 11.1 Å². The second kappa shape index (κ2) is 6.75. The maximum absolute atomic E-state index is 12.0. The van der Waals surface area contributed by atoms with Crippen LogP contribution in [0, 0.1) is 0 Å². The summed E-state index contributed by atoms with van der Waals surface area (Å²) in [6.07, 6.45) is 2.86. The molecule has 0 aromatic heterocycles. The normalized spacial score (nSPS) is 17.4. The molecule has 20 heavy (non-hydrogen) atoms. The Bertz CT molecular complexity index is 470. The zero-order valence-corrected chi connectivity index (χ0v) is 12.4. The Hall–Kier alpha value is -1.55. The molecule has 0 heterocycles. The van der Waals surface area contributed by atoms with Crippen LogP contribution < -0.4 is 10.5 Å². The number of carbonyl (C=O) groups is 1. The van der Waals surface area contributed by atoms with E-state index in [1.807, 2.05) is 26.0 Å². The number of hydrogen-bond acceptors (Lipinski definition) is 3. The van der Waals surface area contributed by atoms with Gasteiger partial charge >= 0.3 is 0 Å². The lowest BCUT2D eigenvalue weighted by Crippen LogP contribution is -2.35. The van der Waals surface area contributed by atoms with Gasteiger partial charge in [-0.2, -0.15) is 0 Å². The first-order chi connectivity index (χ1) is 9.65. The highest BCUT2D eigenvalue weighted by Gasteiger charge is 2.19. The number of ether oxygens (including phenoxy) is 1. The Kier molecular flexibility index (Phi) is 5.01. The lowest BCUT2D eigenvalue weighted by molar-refractivity contribution is -0.132. The summed E-state index contributed by atoms with van der Waals surface area (Å²) < 4.78 is 5.75. The quantitative estimate of drug-likeness (QED) is 0.891. The largest absolute Gasteiger partial charge is 0.483 e. The van der Waals surface area contributed by atoms with Crippen molar-refractivity contribution in [2.45, 2.75) is 39.2 Å². The molecule has 110 valence electrons. The molecular formula is C16H24N2O2. The van der Waals surface area contributed by atoms with E-state index in [4.69, 9.17) is 10.5 Å². The summed E-state index contributed by atoms with van der Waals surface area (Å²) in [6, 6.07) is 6.25. The zero-order chi connectivity index (χ0) is 14.5. The van der Waals surface area contributed by atoms with E-state index in [9.17, 15) is 4.79 Å². The Morgan fingerprint density at radius 3 is 2.85 bits per heavy atom. The van der Waals surface area contributed by atoms with Gasteiger partial charge in [0.25, 0.3) is 5.91 Å². The third-order valence-corrected chi connectivity index (χ3v) is 3.95. The van der Waals surface area contributed by atoms with E-state index >= 15 is 0 Å². The molecule has 1 atom stereocenters. The number of benzene rings is 1. The number of carbonyl (C=O) groups excluding carboxylic acids is 1. The average Bonchev–Trinajstić information content (AvgIpc) is 2.46. The van der Waals surface area contributed by atoms with Gasteiger partial charge in [-0.05, 0) is 50.3 Å². The summed E-state index contributed by atoms with van der Waals surface area (Å²) in [5.41, 5.74) is 8.52. The van der Waals surface area contributed by atoms with Gasteiger partial charge in [-0.25, -0.2) is 0 Å². The van der Waals surface area contributed by atoms with E-state index in [0.29, 0.717) is 0 Å². The second-order valence-corrected chi connectivity index (χ2v) is 5.25. The molecule has 1 aromatic rings. The number of nitrogens with zero attached hydrogens (tertiary/aromatic N) is 1. The molecule has 0 bridgehead atoms. The van der Waals surface area contributed by atoms with Crippen molar-refractivity contribution in [3.05, 3.63) is 29.3 Å². The molecule has 0 radical (unpaired) electrons. The van der Waals surface area contributed by atoms with E-state index in [1.54, 1.807) is 4.90 Å². The first kappa shape index (κ1) is 14.9. The topological polar surface area (TPSA) is 55.6 Å². The molecular weight excluding hydrogens is 252 g/mol. The summed E-state index contributed by atoms with van der Waals surface area (Å²) in [5, 5.41) is 0. The minimum absolute atomic E-state index is 0.0349. The molecule has 0 saturated carbocycles. The predicted molar refractivity (Wildman–Crippen MR) is 79.9 cm³/mol. The summed E-state index contributed by atoms with van der Waals surface area (Å²) in [5.74, 6) is 0.853. The highest BCUT2D eigenvalue weighted by molar-refractivity contribution is 5.77. The van der Waals surface area contributed by atoms with E-state index < -0.39 is 0 Å². The lowest BCUT2D eigenvalue weighted by atomic mass is 9.88. The molecule has 0 saturated heterocycles. The van der Waals surface area contributed by atoms with Gasteiger partial charge < -0.3 is 15.4 Å². The molecule has 0 fully saturated rings. The van der Waals surface area contributed by atoms with Crippen molar-refractivity contribution in [1.82, 2.24) is 4.90 Å². The summed E-state index contributed by atoms with van der Waals surface area (Å²) in [6.45, 7) is 5.50. The number of rotatable bonds is 5. The Morgan fingerprint density at radius 2 is 2.15 bits per heavy atom. The molecule has 0 aliphatic heterocycles. The van der Waals surface area contributed by atoms with Crippen LogP contribution in [-0.4, -0.2) is 36.5 Å². The fourth-order valence-electron chi connectivity index (χ4n) is 2.72. The van der Waals surface area contributed by atoms with E-state index in [-0.39, 0.29) is 18.6 Å². The number of aryl methyl sites for hydroxylation is 1. The number of hydrogen-bond donors (Lipinski definition) is 1. The van der Waals surface area contributed by atoms with Crippen LogP contribution in [0.3, 0.4) is 0 Å². The van der Waals surface area contributed by atoms with Crippen LogP contribution >= 0.6 is 0 Å². The third-order valence-electron chi connectivity index (χ3n) is 3.95. The van der Waals surface area contributed by atoms with E-state index in [2.05, 4.69) is 6.07 Å². The molecule has 1 aliphatic rings. The van der Waals surface area contributed by atoms with Crippen molar-refractivity contribution in [1.29, 1.82) is 0 Å². The number of amides is 1. The van der Waals surface area contributed by atoms with Crippen molar-refractivity contribution in [2.24, 2.45) is 5.73 Å². The Morgan fingerprint density at radius 1 is 1.40 bits per heavy atom. The lowest BCUT2D eigenvalue weighted by Gasteiger charge is -2.24. The standard InChI is InChI=1S/C16H24N2O2/c1-3-18(4-2)16(19)11-20-15-7-5-6-12-8-9-13(17)10-14(12)15/h5-7,13H,3-4,8-11,17H2,1-2H3/t13-/m1/s1. The van der Waals surface area contributed by atoms with Gasteiger partial charge in [0.2, 0.25) is 0 Å². The van der Waals surface area contributed by atoms with Gasteiger partial charge in [0, 0.05) is 19.1 Å². The van der Waals surface area contributed by atoms with Gasteiger partial charge in [0.1, 0.15) is 5.75 Å². The smallest absolute Gasteiger partial charge is 0.260 e. The number of likely N-dealkylation sites (N-methyl/N-ethyl adjacent to an activating group) is 1. The summed E-state index contributed by atoms with van der Waals surface area (Å²) in [7, 11) is 0. The predicted octanol–water partition coefficient (Wildman–Crippen LogP) is 1.75. The van der Waals surface area contributed by atoms with Crippen molar-refractivity contribution < 1.29 is 9.53 Å². The van der Waals surface area contributed by atoms with E-state index in [0.717, 1.165) is 38.1 Å². The zero-order valence-electron chi connectivity index (χ0n) is 12.4. The van der Waals surface area contributed by atoms with Crippen molar-refractivity contribution in [3.63, 3.8) is 0 Å². The van der Waals surface area contributed by atoms with Gasteiger partial charge in [-0.3, -0.25) is 4.79 Å². The average molecular weight is 276 g/mol. The summed E-state index contributed by atoms with van der Waals surface area (Å²) >= 11 is 0. The first-order valence-electron chi connectivity index (χ1n) is 7.42. The van der Waals surface area contributed by atoms with Crippen LogP contribution in [0.15, 0.2) is 18.2 Å². The molecule has 2 N–H and O–H groups in total. The SMILES string of the molecule is CCN(CC)C(=O)COc1cccc2c1C[C@H](N)CC2. The van der Waals surface area contributed by atoms with Gasteiger partial charge in [0.15, 0.2) is 6.61 Å². The van der Waals surface area contributed by atoms with Crippen LogP contribution in [0.2, 0.25) is 0 Å². The fraction of sp³-hybridized carbons (Fsp3) is 0.562. The molecule has 2 rings (SSSR count). The first-order valence-corrected chi connectivity index (χ1v) is 7.42. The second-order valence-electron chi connectivity index (χ2n) is 5.25. The van der Waals surface area contributed by atoms with Crippen LogP contribution in [0.5, 0.6) is 5.75 Å². The van der Waals surface area contributed by atoms with Crippen molar-refractivity contribution in [2.75, 3.05) is 19.7 Å². The highest BCUT2D eigenvalue weighted by atomic mass is 16.5. The Balaban J connectivity index is 2.05. The van der Waals surface area contributed by atoms with Crippen LogP contribution in [0.4, 0.5) is 0 Å². The van der Waals surface area contributed by atoms with Gasteiger partial charge in [-0.15, -0.1) is 0 Å². The molecule has 0 unspecified atom stereocenters. The number of nitrogens with two attached hydrogens (primary N) is 1. The van der Waals surface area contributed by atoms with Crippen molar-refractivity contribution in [3.8, 4) is 5.75 Å². The maximum Gasteiger partial charge on any atom is 0.260 e. The molecule has 0 spiro atoms.